The summed E-state index contributed by atoms with van der Waals surface area (Å²) in [5, 5.41) is 3.80. The highest BCUT2D eigenvalue weighted by molar-refractivity contribution is 6.03. The minimum atomic E-state index is -0.800. The van der Waals surface area contributed by atoms with Crippen LogP contribution in [0.5, 0.6) is 0 Å². The molecule has 5 rings (SSSR count). The first-order valence-electron chi connectivity index (χ1n) is 12.7. The number of nitrogens with zero attached hydrogens (tertiary/aromatic N) is 3. The molecule has 190 valence electrons. The van der Waals surface area contributed by atoms with Crippen molar-refractivity contribution in [3.8, 4) is 0 Å². The Bertz CT molecular complexity index is 1360. The highest BCUT2D eigenvalue weighted by Gasteiger charge is 2.52. The maximum absolute atomic E-state index is 13.7. The molecule has 2 aliphatic heterocycles. The van der Waals surface area contributed by atoms with Crippen LogP contribution in [0.1, 0.15) is 47.5 Å². The molecule has 2 aromatic carbocycles. The molecule has 3 amide bonds. The molecule has 2 fully saturated rings. The van der Waals surface area contributed by atoms with Crippen molar-refractivity contribution >= 4 is 34.4 Å². The summed E-state index contributed by atoms with van der Waals surface area (Å²) in [5.41, 5.74) is 1.45. The molecule has 0 spiro atoms. The second-order valence-corrected chi connectivity index (χ2v) is 10.1. The van der Waals surface area contributed by atoms with Gasteiger partial charge < -0.3 is 15.1 Å². The summed E-state index contributed by atoms with van der Waals surface area (Å²) < 4.78 is 0. The number of nitrogens with one attached hydrogen (secondary N) is 1. The summed E-state index contributed by atoms with van der Waals surface area (Å²) in [6.07, 6.45) is 0.947. The number of rotatable bonds is 6. The summed E-state index contributed by atoms with van der Waals surface area (Å²) in [7, 11) is 0. The first kappa shape index (κ1) is 24.6. The van der Waals surface area contributed by atoms with Gasteiger partial charge in [-0.25, -0.2) is 4.98 Å². The highest BCUT2D eigenvalue weighted by atomic mass is 16.2. The van der Waals surface area contributed by atoms with Crippen molar-refractivity contribution in [1.82, 2.24) is 20.1 Å². The van der Waals surface area contributed by atoms with Gasteiger partial charge in [0.2, 0.25) is 5.91 Å². The summed E-state index contributed by atoms with van der Waals surface area (Å²) in [5.74, 6) is -0.944. The minimum Gasteiger partial charge on any atom is -0.339 e. The van der Waals surface area contributed by atoms with E-state index in [0.29, 0.717) is 30.5 Å². The molecule has 3 aromatic rings. The van der Waals surface area contributed by atoms with Crippen molar-refractivity contribution in [2.45, 2.75) is 44.8 Å². The molecule has 0 bridgehead atoms. The Kier molecular flexibility index (Phi) is 6.74. The van der Waals surface area contributed by atoms with Gasteiger partial charge in [-0.1, -0.05) is 56.3 Å². The smallest absolute Gasteiger partial charge is 0.270 e. The lowest BCUT2D eigenvalue weighted by Crippen LogP contribution is -2.53. The van der Waals surface area contributed by atoms with Crippen LogP contribution in [0.3, 0.4) is 0 Å². The number of carbonyl (C=O) groups excluding carboxylic acids is 4. The van der Waals surface area contributed by atoms with Crippen LogP contribution in [0.15, 0.2) is 66.7 Å². The van der Waals surface area contributed by atoms with Gasteiger partial charge in [0.15, 0.2) is 5.78 Å². The lowest BCUT2D eigenvalue weighted by molar-refractivity contribution is -0.138. The van der Waals surface area contributed by atoms with Gasteiger partial charge in [-0.15, -0.1) is 0 Å². The summed E-state index contributed by atoms with van der Waals surface area (Å²) in [6, 6.07) is 18.0. The molecule has 0 saturated carbocycles. The van der Waals surface area contributed by atoms with Crippen molar-refractivity contribution in [3.05, 3.63) is 78.0 Å². The second kappa shape index (κ2) is 10.1. The number of Topliss-reactive ketones (excluding diaryl/α,β-unsaturated/α-hetero) is 1. The quantitative estimate of drug-likeness (QED) is 0.563. The number of likely N-dealkylation sites (tertiary alicyclic amines) is 2. The second-order valence-electron chi connectivity index (χ2n) is 10.1. The predicted molar refractivity (Wildman–Crippen MR) is 139 cm³/mol. The third-order valence-electron chi connectivity index (χ3n) is 7.13. The molecule has 8 heteroatoms. The van der Waals surface area contributed by atoms with Gasteiger partial charge in [-0.2, -0.15) is 0 Å². The van der Waals surface area contributed by atoms with Crippen molar-refractivity contribution < 1.29 is 19.2 Å². The number of benzene rings is 2. The Balaban J connectivity index is 1.34. The van der Waals surface area contributed by atoms with E-state index in [1.54, 1.807) is 40.1 Å². The van der Waals surface area contributed by atoms with Crippen molar-refractivity contribution in [1.29, 1.82) is 0 Å². The lowest BCUT2D eigenvalue weighted by Gasteiger charge is -2.29. The molecule has 2 saturated heterocycles. The van der Waals surface area contributed by atoms with E-state index in [1.807, 2.05) is 50.2 Å². The molecule has 0 radical (unpaired) electrons. The van der Waals surface area contributed by atoms with E-state index in [2.05, 4.69) is 10.3 Å². The van der Waals surface area contributed by atoms with E-state index in [0.717, 1.165) is 5.39 Å². The number of hydrogen-bond donors (Lipinski definition) is 1. The number of para-hydroxylation sites is 1. The van der Waals surface area contributed by atoms with Crippen LogP contribution in [0.25, 0.3) is 10.9 Å². The van der Waals surface area contributed by atoms with Crippen LogP contribution in [0.4, 0.5) is 0 Å². The van der Waals surface area contributed by atoms with Gasteiger partial charge in [-0.05, 0) is 43.0 Å². The summed E-state index contributed by atoms with van der Waals surface area (Å²) in [4.78, 5) is 60.6. The van der Waals surface area contributed by atoms with Gasteiger partial charge in [0.25, 0.3) is 11.8 Å². The first-order chi connectivity index (χ1) is 17.8. The average Bonchev–Trinajstić information content (AvgIpc) is 3.48. The number of aromatic nitrogens is 1. The van der Waals surface area contributed by atoms with Gasteiger partial charge in [0.05, 0.1) is 18.1 Å². The first-order valence-corrected chi connectivity index (χ1v) is 12.7. The Morgan fingerprint density at radius 1 is 0.973 bits per heavy atom. The molecule has 2 aliphatic rings. The fourth-order valence-corrected chi connectivity index (χ4v) is 5.40. The summed E-state index contributed by atoms with van der Waals surface area (Å²) in [6.45, 7) is 4.30. The molecule has 1 N–H and O–H groups in total. The average molecular weight is 499 g/mol. The Hall–Kier alpha value is -4.07. The largest absolute Gasteiger partial charge is 0.339 e. The van der Waals surface area contributed by atoms with Crippen LogP contribution in [0, 0.1) is 5.92 Å². The molecule has 0 unspecified atom stereocenters. The van der Waals surface area contributed by atoms with Gasteiger partial charge in [0, 0.05) is 17.5 Å². The monoisotopic (exact) mass is 498 g/mol. The van der Waals surface area contributed by atoms with Gasteiger partial charge >= 0.3 is 0 Å². The zero-order valence-corrected chi connectivity index (χ0v) is 21.0. The van der Waals surface area contributed by atoms with E-state index >= 15 is 0 Å². The normalized spacial score (nSPS) is 19.8. The van der Waals surface area contributed by atoms with Crippen molar-refractivity contribution in [2.75, 3.05) is 13.1 Å². The third kappa shape index (κ3) is 4.83. The molecule has 1 aromatic heterocycles. The number of pyridine rings is 1. The maximum Gasteiger partial charge on any atom is 0.270 e. The number of hydrogen-bond acceptors (Lipinski definition) is 5. The van der Waals surface area contributed by atoms with E-state index in [9.17, 15) is 19.2 Å². The van der Waals surface area contributed by atoms with Crippen molar-refractivity contribution in [3.63, 3.8) is 0 Å². The Morgan fingerprint density at radius 2 is 1.70 bits per heavy atom. The Labute approximate surface area is 215 Å². The molecule has 3 heterocycles. The molecular formula is C29H30N4O4. The Morgan fingerprint density at radius 3 is 2.46 bits per heavy atom. The standard InChI is InChI=1S/C29H30N4O4/c1-18(2)16-23(31-27(35)22-13-12-19-8-6-7-11-21(19)30-22)29(37)32-15-14-24-26(32)25(34)17-33(24)28(36)20-9-4-3-5-10-20/h3-13,18,23-24,26H,14-17H2,1-2H3,(H,31,35)/t23-,24+,26-/m0/s1. The summed E-state index contributed by atoms with van der Waals surface area (Å²) >= 11 is 0. The zero-order chi connectivity index (χ0) is 26.1. The number of ketones is 1. The van der Waals surface area contributed by atoms with Crippen LogP contribution in [-0.4, -0.2) is 69.5 Å². The fourth-order valence-electron chi connectivity index (χ4n) is 5.40. The van der Waals surface area contributed by atoms with Crippen LogP contribution < -0.4 is 5.32 Å². The number of fused-ring (bicyclic) bond motifs is 2. The number of carbonyl (C=O) groups is 4. The minimum absolute atomic E-state index is 0.0188. The highest BCUT2D eigenvalue weighted by Crippen LogP contribution is 2.32. The molecule has 37 heavy (non-hydrogen) atoms. The van der Waals surface area contributed by atoms with Crippen molar-refractivity contribution in [2.24, 2.45) is 5.92 Å². The van der Waals surface area contributed by atoms with Crippen LogP contribution >= 0.6 is 0 Å². The van der Waals surface area contributed by atoms with Crippen LogP contribution in [0.2, 0.25) is 0 Å². The molecular weight excluding hydrogens is 468 g/mol. The van der Waals surface area contributed by atoms with E-state index in [1.165, 1.54) is 0 Å². The zero-order valence-electron chi connectivity index (χ0n) is 21.0. The SMILES string of the molecule is CC(C)C[C@H](NC(=O)c1ccc2ccccc2n1)C(=O)N1CC[C@@H]2[C@H]1C(=O)CN2C(=O)c1ccccc1. The van der Waals surface area contributed by atoms with E-state index < -0.39 is 18.0 Å². The number of amides is 3. The fraction of sp³-hybridized carbons (Fsp3) is 0.345. The molecule has 8 nitrogen and oxygen atoms in total. The van der Waals surface area contributed by atoms with Gasteiger partial charge in [0.1, 0.15) is 17.8 Å². The van der Waals surface area contributed by atoms with Crippen LogP contribution in [-0.2, 0) is 9.59 Å². The van der Waals surface area contributed by atoms with Gasteiger partial charge in [-0.3, -0.25) is 19.2 Å². The lowest BCUT2D eigenvalue weighted by atomic mass is 10.0. The maximum atomic E-state index is 13.7. The predicted octanol–water partition coefficient (Wildman–Crippen LogP) is 3.07. The molecule has 0 aliphatic carbocycles. The topological polar surface area (TPSA) is 99.7 Å². The molecule has 3 atom stereocenters. The third-order valence-corrected chi connectivity index (χ3v) is 7.13. The van der Waals surface area contributed by atoms with E-state index in [4.69, 9.17) is 0 Å². The van der Waals surface area contributed by atoms with E-state index in [-0.39, 0.29) is 41.8 Å².